The second kappa shape index (κ2) is 7.43. The maximum absolute atomic E-state index is 13.1. The molecule has 2 aromatic carbocycles. The third-order valence-corrected chi connectivity index (χ3v) is 4.57. The van der Waals surface area contributed by atoms with Gasteiger partial charge in [-0.3, -0.25) is 4.79 Å². The Balaban J connectivity index is 1.78. The number of carbonyl (C=O) groups excluding carboxylic acids is 1. The highest BCUT2D eigenvalue weighted by molar-refractivity contribution is 6.42. The highest BCUT2D eigenvalue weighted by Crippen LogP contribution is 2.25. The normalized spacial score (nSPS) is 12.0. The summed E-state index contributed by atoms with van der Waals surface area (Å²) in [5.41, 5.74) is 1.43. The monoisotopic (exact) mass is 392 g/mol. The van der Waals surface area contributed by atoms with E-state index in [9.17, 15) is 9.18 Å². The molecule has 1 atom stereocenters. The van der Waals surface area contributed by atoms with Crippen LogP contribution in [0.1, 0.15) is 35.0 Å². The molecule has 0 fully saturated rings. The van der Waals surface area contributed by atoms with Crippen LogP contribution in [0.5, 0.6) is 0 Å². The van der Waals surface area contributed by atoms with Gasteiger partial charge in [-0.05, 0) is 55.8 Å². The molecule has 1 amide bonds. The third kappa shape index (κ3) is 3.86. The highest BCUT2D eigenvalue weighted by Gasteiger charge is 2.18. The summed E-state index contributed by atoms with van der Waals surface area (Å²) in [6.45, 7) is 3.54. The Labute approximate surface area is 159 Å². The summed E-state index contributed by atoms with van der Waals surface area (Å²) in [6, 6.07) is 10.6. The number of nitrogens with zero attached hydrogens (tertiary/aromatic N) is 3. The van der Waals surface area contributed by atoms with Crippen molar-refractivity contribution in [2.75, 3.05) is 0 Å². The van der Waals surface area contributed by atoms with Crippen molar-refractivity contribution >= 4 is 29.1 Å². The second-order valence-electron chi connectivity index (χ2n) is 5.74. The van der Waals surface area contributed by atoms with Crippen molar-refractivity contribution in [2.24, 2.45) is 0 Å². The molecule has 0 aliphatic rings. The van der Waals surface area contributed by atoms with Crippen molar-refractivity contribution in [3.8, 4) is 5.69 Å². The molecule has 3 rings (SSSR count). The zero-order chi connectivity index (χ0) is 18.8. The van der Waals surface area contributed by atoms with Crippen LogP contribution in [0, 0.1) is 12.7 Å². The number of halogens is 3. The molecule has 0 aliphatic carbocycles. The van der Waals surface area contributed by atoms with Crippen molar-refractivity contribution in [2.45, 2.75) is 19.9 Å². The number of aromatic nitrogens is 3. The lowest BCUT2D eigenvalue weighted by atomic mass is 10.1. The lowest BCUT2D eigenvalue weighted by Gasteiger charge is -2.13. The number of nitrogens with one attached hydrogen (secondary N) is 1. The van der Waals surface area contributed by atoms with Gasteiger partial charge in [0.15, 0.2) is 0 Å². The summed E-state index contributed by atoms with van der Waals surface area (Å²) in [4.78, 5) is 16.6. The van der Waals surface area contributed by atoms with Crippen LogP contribution in [0.3, 0.4) is 0 Å². The molecule has 0 spiro atoms. The van der Waals surface area contributed by atoms with Gasteiger partial charge in [0.2, 0.25) is 5.82 Å². The fraction of sp³-hybridized carbons (Fsp3) is 0.167. The average Bonchev–Trinajstić information content (AvgIpc) is 3.00. The molecule has 1 aromatic heterocycles. The zero-order valence-electron chi connectivity index (χ0n) is 14.0. The molecule has 8 heteroatoms. The Hall–Kier alpha value is -2.44. The van der Waals surface area contributed by atoms with Gasteiger partial charge in [0.05, 0.1) is 21.8 Å². The van der Waals surface area contributed by atoms with Gasteiger partial charge in [-0.25, -0.2) is 14.1 Å². The van der Waals surface area contributed by atoms with E-state index >= 15 is 0 Å². The van der Waals surface area contributed by atoms with Crippen LogP contribution in [0.25, 0.3) is 5.69 Å². The van der Waals surface area contributed by atoms with Gasteiger partial charge in [-0.2, -0.15) is 0 Å². The van der Waals surface area contributed by atoms with Crippen molar-refractivity contribution in [1.82, 2.24) is 20.1 Å². The highest BCUT2D eigenvalue weighted by atomic mass is 35.5. The molecular weight excluding hydrogens is 378 g/mol. The third-order valence-electron chi connectivity index (χ3n) is 3.83. The fourth-order valence-corrected chi connectivity index (χ4v) is 2.75. The molecule has 26 heavy (non-hydrogen) atoms. The SMILES string of the molecule is Cc1nc(C(=O)N[C@H](C)c2ccc(Cl)c(Cl)c2)nn1-c1ccc(F)cc1. The van der Waals surface area contributed by atoms with Gasteiger partial charge in [-0.15, -0.1) is 5.10 Å². The lowest BCUT2D eigenvalue weighted by Crippen LogP contribution is -2.27. The standard InChI is InChI=1S/C18H15Cl2FN4O/c1-10(12-3-8-15(19)16(20)9-12)22-18(26)17-23-11(2)25(24-17)14-6-4-13(21)5-7-14/h3-10H,1-2H3,(H,22,26)/t10-/m1/s1. The first-order valence-electron chi connectivity index (χ1n) is 7.80. The van der Waals surface area contributed by atoms with E-state index in [0.29, 0.717) is 21.6 Å². The Morgan fingerprint density at radius 2 is 1.85 bits per heavy atom. The molecule has 3 aromatic rings. The fourth-order valence-electron chi connectivity index (χ4n) is 2.44. The molecule has 0 bridgehead atoms. The van der Waals surface area contributed by atoms with Crippen LogP contribution in [-0.2, 0) is 0 Å². The van der Waals surface area contributed by atoms with E-state index in [1.165, 1.54) is 16.8 Å². The van der Waals surface area contributed by atoms with E-state index in [-0.39, 0.29) is 17.7 Å². The van der Waals surface area contributed by atoms with Crippen LogP contribution in [0.15, 0.2) is 42.5 Å². The predicted molar refractivity (Wildman–Crippen MR) is 98.4 cm³/mol. The van der Waals surface area contributed by atoms with Gasteiger partial charge < -0.3 is 5.32 Å². The number of hydrogen-bond donors (Lipinski definition) is 1. The average molecular weight is 393 g/mol. The molecule has 5 nitrogen and oxygen atoms in total. The Bertz CT molecular complexity index is 956. The summed E-state index contributed by atoms with van der Waals surface area (Å²) < 4.78 is 14.6. The van der Waals surface area contributed by atoms with Gasteiger partial charge in [0, 0.05) is 0 Å². The molecule has 0 aliphatic heterocycles. The largest absolute Gasteiger partial charge is 0.343 e. The van der Waals surface area contributed by atoms with Crippen LogP contribution >= 0.6 is 23.2 Å². The van der Waals surface area contributed by atoms with E-state index < -0.39 is 5.91 Å². The lowest BCUT2D eigenvalue weighted by molar-refractivity contribution is 0.0929. The first kappa shape index (κ1) is 18.4. The smallest absolute Gasteiger partial charge is 0.291 e. The van der Waals surface area contributed by atoms with Crippen molar-refractivity contribution < 1.29 is 9.18 Å². The minimum Gasteiger partial charge on any atom is -0.343 e. The molecular formula is C18H15Cl2FN4O. The molecule has 1 heterocycles. The Morgan fingerprint density at radius 3 is 2.50 bits per heavy atom. The summed E-state index contributed by atoms with van der Waals surface area (Å²) in [7, 11) is 0. The molecule has 0 saturated carbocycles. The van der Waals surface area contributed by atoms with E-state index in [0.717, 1.165) is 5.56 Å². The van der Waals surface area contributed by atoms with E-state index in [1.807, 2.05) is 6.92 Å². The van der Waals surface area contributed by atoms with Gasteiger partial charge >= 0.3 is 0 Å². The Morgan fingerprint density at radius 1 is 1.15 bits per heavy atom. The molecule has 0 radical (unpaired) electrons. The number of rotatable bonds is 4. The summed E-state index contributed by atoms with van der Waals surface area (Å²) in [6.07, 6.45) is 0. The van der Waals surface area contributed by atoms with Crippen LogP contribution in [0.2, 0.25) is 10.0 Å². The molecule has 0 saturated heterocycles. The molecule has 134 valence electrons. The number of hydrogen-bond acceptors (Lipinski definition) is 3. The zero-order valence-corrected chi connectivity index (χ0v) is 15.5. The van der Waals surface area contributed by atoms with E-state index in [1.54, 1.807) is 37.3 Å². The maximum atomic E-state index is 13.1. The Kier molecular flexibility index (Phi) is 5.25. The maximum Gasteiger partial charge on any atom is 0.291 e. The van der Waals surface area contributed by atoms with Gasteiger partial charge in [-0.1, -0.05) is 29.3 Å². The van der Waals surface area contributed by atoms with Crippen molar-refractivity contribution in [3.05, 3.63) is 75.5 Å². The number of amides is 1. The molecule has 0 unspecified atom stereocenters. The summed E-state index contributed by atoms with van der Waals surface area (Å²) >= 11 is 11.9. The second-order valence-corrected chi connectivity index (χ2v) is 6.55. The quantitative estimate of drug-likeness (QED) is 0.710. The number of aryl methyl sites for hydroxylation is 1. The summed E-state index contributed by atoms with van der Waals surface area (Å²) in [5.74, 6) is -0.227. The van der Waals surface area contributed by atoms with E-state index in [4.69, 9.17) is 23.2 Å². The number of carbonyl (C=O) groups is 1. The topological polar surface area (TPSA) is 59.8 Å². The summed E-state index contributed by atoms with van der Waals surface area (Å²) in [5, 5.41) is 7.90. The van der Waals surface area contributed by atoms with E-state index in [2.05, 4.69) is 15.4 Å². The first-order chi connectivity index (χ1) is 12.3. The number of benzene rings is 2. The predicted octanol–water partition coefficient (Wildman–Crippen LogP) is 4.51. The van der Waals surface area contributed by atoms with Gasteiger partial charge in [0.1, 0.15) is 11.6 Å². The minimum atomic E-state index is -0.424. The van der Waals surface area contributed by atoms with Gasteiger partial charge in [0.25, 0.3) is 5.91 Å². The van der Waals surface area contributed by atoms with Crippen LogP contribution < -0.4 is 5.32 Å². The van der Waals surface area contributed by atoms with Crippen LogP contribution in [-0.4, -0.2) is 20.7 Å². The minimum absolute atomic E-state index is 0.0266. The van der Waals surface area contributed by atoms with Crippen molar-refractivity contribution in [1.29, 1.82) is 0 Å². The van der Waals surface area contributed by atoms with Crippen molar-refractivity contribution in [3.63, 3.8) is 0 Å². The first-order valence-corrected chi connectivity index (χ1v) is 8.56. The van der Waals surface area contributed by atoms with Crippen LogP contribution in [0.4, 0.5) is 4.39 Å². The molecule has 1 N–H and O–H groups in total.